The monoisotopic (exact) mass is 186 g/mol. The standard InChI is InChI=1S/C11H22O2/c1-4-6-10(3)9-11(5-2)12-7-8-13-11/h10H,4-9H2,1-3H3. The highest BCUT2D eigenvalue weighted by Gasteiger charge is 2.35. The summed E-state index contributed by atoms with van der Waals surface area (Å²) in [6.07, 6.45) is 4.55. The third kappa shape index (κ3) is 2.96. The average molecular weight is 186 g/mol. The molecule has 1 fully saturated rings. The highest BCUT2D eigenvalue weighted by Crippen LogP contribution is 2.31. The molecule has 2 heteroatoms. The van der Waals surface area contributed by atoms with Gasteiger partial charge in [-0.15, -0.1) is 0 Å². The first-order valence-corrected chi connectivity index (χ1v) is 5.50. The summed E-state index contributed by atoms with van der Waals surface area (Å²) in [5, 5.41) is 0. The second-order valence-electron chi connectivity index (χ2n) is 4.06. The molecule has 1 aliphatic heterocycles. The van der Waals surface area contributed by atoms with E-state index in [0.29, 0.717) is 5.92 Å². The smallest absolute Gasteiger partial charge is 0.168 e. The van der Waals surface area contributed by atoms with Crippen LogP contribution in [-0.2, 0) is 9.47 Å². The molecule has 0 saturated carbocycles. The predicted octanol–water partition coefficient (Wildman–Crippen LogP) is 2.97. The Kier molecular flexibility index (Phi) is 4.20. The second-order valence-corrected chi connectivity index (χ2v) is 4.06. The van der Waals surface area contributed by atoms with Gasteiger partial charge in [0.1, 0.15) is 0 Å². The average Bonchev–Trinajstić information content (AvgIpc) is 2.54. The van der Waals surface area contributed by atoms with Gasteiger partial charge in [0.05, 0.1) is 13.2 Å². The Labute approximate surface area is 81.6 Å². The van der Waals surface area contributed by atoms with Gasteiger partial charge >= 0.3 is 0 Å². The molecule has 0 radical (unpaired) electrons. The van der Waals surface area contributed by atoms with E-state index in [4.69, 9.17) is 9.47 Å². The molecule has 1 atom stereocenters. The molecule has 1 saturated heterocycles. The molecule has 13 heavy (non-hydrogen) atoms. The van der Waals surface area contributed by atoms with Crippen LogP contribution < -0.4 is 0 Å². The van der Waals surface area contributed by atoms with Gasteiger partial charge in [0.15, 0.2) is 5.79 Å². The first-order valence-electron chi connectivity index (χ1n) is 5.50. The number of hydrogen-bond donors (Lipinski definition) is 0. The third-order valence-electron chi connectivity index (χ3n) is 2.79. The summed E-state index contributed by atoms with van der Waals surface area (Å²) in [7, 11) is 0. The maximum Gasteiger partial charge on any atom is 0.168 e. The van der Waals surface area contributed by atoms with Gasteiger partial charge in [-0.25, -0.2) is 0 Å². The van der Waals surface area contributed by atoms with Crippen molar-refractivity contribution in [2.24, 2.45) is 5.92 Å². The molecule has 0 aliphatic carbocycles. The van der Waals surface area contributed by atoms with Crippen LogP contribution >= 0.6 is 0 Å². The van der Waals surface area contributed by atoms with E-state index < -0.39 is 0 Å². The zero-order chi connectivity index (χ0) is 9.73. The van der Waals surface area contributed by atoms with Crippen LogP contribution in [0.15, 0.2) is 0 Å². The normalized spacial score (nSPS) is 23.3. The molecular weight excluding hydrogens is 164 g/mol. The molecule has 0 aromatic carbocycles. The number of hydrogen-bond acceptors (Lipinski definition) is 2. The summed E-state index contributed by atoms with van der Waals surface area (Å²) in [6, 6.07) is 0. The van der Waals surface area contributed by atoms with Gasteiger partial charge < -0.3 is 9.47 Å². The van der Waals surface area contributed by atoms with Crippen molar-refractivity contribution in [3.63, 3.8) is 0 Å². The van der Waals surface area contributed by atoms with Crippen molar-refractivity contribution in [2.75, 3.05) is 13.2 Å². The van der Waals surface area contributed by atoms with Crippen molar-refractivity contribution in [1.29, 1.82) is 0 Å². The van der Waals surface area contributed by atoms with Crippen LogP contribution in [0.2, 0.25) is 0 Å². The van der Waals surface area contributed by atoms with Crippen LogP contribution in [-0.4, -0.2) is 19.0 Å². The Morgan fingerprint density at radius 2 is 1.85 bits per heavy atom. The molecule has 78 valence electrons. The minimum Gasteiger partial charge on any atom is -0.348 e. The van der Waals surface area contributed by atoms with E-state index >= 15 is 0 Å². The predicted molar refractivity (Wildman–Crippen MR) is 53.6 cm³/mol. The molecule has 0 amide bonds. The zero-order valence-corrected chi connectivity index (χ0v) is 9.14. The Morgan fingerprint density at radius 3 is 2.31 bits per heavy atom. The van der Waals surface area contributed by atoms with E-state index in [1.54, 1.807) is 0 Å². The molecule has 0 spiro atoms. The fourth-order valence-corrected chi connectivity index (χ4v) is 2.09. The Hall–Kier alpha value is -0.0800. The molecule has 1 heterocycles. The fourth-order valence-electron chi connectivity index (χ4n) is 2.09. The highest BCUT2D eigenvalue weighted by molar-refractivity contribution is 4.75. The van der Waals surface area contributed by atoms with E-state index in [0.717, 1.165) is 26.1 Å². The van der Waals surface area contributed by atoms with Crippen molar-refractivity contribution in [3.8, 4) is 0 Å². The van der Waals surface area contributed by atoms with Gasteiger partial charge in [-0.05, 0) is 12.3 Å². The van der Waals surface area contributed by atoms with Crippen LogP contribution in [0, 0.1) is 5.92 Å². The van der Waals surface area contributed by atoms with Crippen molar-refractivity contribution in [2.45, 2.75) is 52.2 Å². The topological polar surface area (TPSA) is 18.5 Å². The first-order chi connectivity index (χ1) is 6.22. The van der Waals surface area contributed by atoms with Crippen molar-refractivity contribution < 1.29 is 9.47 Å². The minimum atomic E-state index is -0.241. The number of ether oxygens (including phenoxy) is 2. The zero-order valence-electron chi connectivity index (χ0n) is 9.14. The maximum atomic E-state index is 5.68. The first kappa shape index (κ1) is 11.0. The van der Waals surface area contributed by atoms with Gasteiger partial charge in [0, 0.05) is 6.42 Å². The Balaban J connectivity index is 2.38. The Bertz CT molecular complexity index is 139. The lowest BCUT2D eigenvalue weighted by atomic mass is 9.95. The van der Waals surface area contributed by atoms with Gasteiger partial charge in [0.25, 0.3) is 0 Å². The van der Waals surface area contributed by atoms with E-state index in [1.165, 1.54) is 12.8 Å². The molecule has 2 nitrogen and oxygen atoms in total. The highest BCUT2D eigenvalue weighted by atomic mass is 16.7. The van der Waals surface area contributed by atoms with E-state index in [-0.39, 0.29) is 5.79 Å². The summed E-state index contributed by atoms with van der Waals surface area (Å²) in [5.41, 5.74) is 0. The van der Waals surface area contributed by atoms with Crippen LogP contribution in [0.5, 0.6) is 0 Å². The van der Waals surface area contributed by atoms with E-state index in [1.807, 2.05) is 0 Å². The largest absolute Gasteiger partial charge is 0.348 e. The SMILES string of the molecule is CCCC(C)CC1(CC)OCCO1. The third-order valence-corrected chi connectivity index (χ3v) is 2.79. The van der Waals surface area contributed by atoms with E-state index in [9.17, 15) is 0 Å². The summed E-state index contributed by atoms with van der Waals surface area (Å²) in [6.45, 7) is 8.20. The van der Waals surface area contributed by atoms with Gasteiger partial charge in [-0.1, -0.05) is 33.6 Å². The summed E-state index contributed by atoms with van der Waals surface area (Å²) in [4.78, 5) is 0. The molecule has 1 rings (SSSR count). The molecule has 0 N–H and O–H groups in total. The van der Waals surface area contributed by atoms with E-state index in [2.05, 4.69) is 20.8 Å². The summed E-state index contributed by atoms with van der Waals surface area (Å²) in [5.74, 6) is 0.470. The lowest BCUT2D eigenvalue weighted by Gasteiger charge is -2.28. The summed E-state index contributed by atoms with van der Waals surface area (Å²) < 4.78 is 11.4. The Morgan fingerprint density at radius 1 is 1.23 bits per heavy atom. The molecule has 0 aromatic heterocycles. The molecule has 0 aromatic rings. The van der Waals surface area contributed by atoms with Crippen molar-refractivity contribution >= 4 is 0 Å². The molecule has 0 bridgehead atoms. The minimum absolute atomic E-state index is 0.241. The van der Waals surface area contributed by atoms with Crippen LogP contribution in [0.1, 0.15) is 46.5 Å². The molecule has 1 aliphatic rings. The maximum absolute atomic E-state index is 5.68. The quantitative estimate of drug-likeness (QED) is 0.657. The lowest BCUT2D eigenvalue weighted by Crippen LogP contribution is -2.31. The lowest BCUT2D eigenvalue weighted by molar-refractivity contribution is -0.171. The molecule has 1 unspecified atom stereocenters. The van der Waals surface area contributed by atoms with Crippen molar-refractivity contribution in [1.82, 2.24) is 0 Å². The van der Waals surface area contributed by atoms with Gasteiger partial charge in [0.2, 0.25) is 0 Å². The number of rotatable bonds is 5. The van der Waals surface area contributed by atoms with Crippen molar-refractivity contribution in [3.05, 3.63) is 0 Å². The van der Waals surface area contributed by atoms with Crippen LogP contribution in [0.25, 0.3) is 0 Å². The van der Waals surface area contributed by atoms with Gasteiger partial charge in [-0.2, -0.15) is 0 Å². The second kappa shape index (κ2) is 4.97. The molecular formula is C11H22O2. The fraction of sp³-hybridized carbons (Fsp3) is 1.00. The van der Waals surface area contributed by atoms with Crippen LogP contribution in [0.4, 0.5) is 0 Å². The van der Waals surface area contributed by atoms with Gasteiger partial charge in [-0.3, -0.25) is 0 Å². The summed E-state index contributed by atoms with van der Waals surface area (Å²) >= 11 is 0. The van der Waals surface area contributed by atoms with Crippen LogP contribution in [0.3, 0.4) is 0 Å².